The summed E-state index contributed by atoms with van der Waals surface area (Å²) in [6, 6.07) is 9.87. The SMILES string of the molecule is CCC1CCCCN1c1ccc2c(c1)CCCN2C(=O)c1ccnc(F)c1. The molecule has 1 unspecified atom stereocenters. The van der Waals surface area contributed by atoms with Gasteiger partial charge in [0.15, 0.2) is 0 Å². The molecule has 0 N–H and O–H groups in total. The minimum absolute atomic E-state index is 0.158. The number of fused-ring (bicyclic) bond motifs is 1. The van der Waals surface area contributed by atoms with Gasteiger partial charge in [-0.15, -0.1) is 0 Å². The Bertz CT molecular complexity index is 838. The van der Waals surface area contributed by atoms with Crippen LogP contribution in [0.3, 0.4) is 0 Å². The van der Waals surface area contributed by atoms with Crippen LogP contribution >= 0.6 is 0 Å². The fraction of sp³-hybridized carbons (Fsp3) is 0.455. The first kappa shape index (κ1) is 18.0. The van der Waals surface area contributed by atoms with Crippen molar-refractivity contribution in [1.29, 1.82) is 0 Å². The van der Waals surface area contributed by atoms with Gasteiger partial charge >= 0.3 is 0 Å². The number of carbonyl (C=O) groups is 1. The van der Waals surface area contributed by atoms with E-state index in [0.717, 1.165) is 31.5 Å². The minimum Gasteiger partial charge on any atom is -0.369 e. The summed E-state index contributed by atoms with van der Waals surface area (Å²) < 4.78 is 13.4. The number of aromatic nitrogens is 1. The van der Waals surface area contributed by atoms with E-state index >= 15 is 0 Å². The molecule has 27 heavy (non-hydrogen) atoms. The maximum Gasteiger partial charge on any atom is 0.258 e. The van der Waals surface area contributed by atoms with Gasteiger partial charge in [0.05, 0.1) is 0 Å². The lowest BCUT2D eigenvalue weighted by Crippen LogP contribution is -2.39. The highest BCUT2D eigenvalue weighted by Gasteiger charge is 2.26. The van der Waals surface area contributed by atoms with Crippen LogP contribution in [0.1, 0.15) is 54.9 Å². The Hall–Kier alpha value is -2.43. The van der Waals surface area contributed by atoms with E-state index in [1.54, 1.807) is 11.0 Å². The number of benzene rings is 1. The van der Waals surface area contributed by atoms with Crippen LogP contribution in [0.25, 0.3) is 0 Å². The molecule has 0 spiro atoms. The Morgan fingerprint density at radius 2 is 2.07 bits per heavy atom. The Morgan fingerprint density at radius 1 is 1.19 bits per heavy atom. The van der Waals surface area contributed by atoms with E-state index in [1.165, 1.54) is 42.8 Å². The number of anilines is 2. The van der Waals surface area contributed by atoms with Crippen LogP contribution in [-0.2, 0) is 6.42 Å². The van der Waals surface area contributed by atoms with E-state index in [4.69, 9.17) is 0 Å². The van der Waals surface area contributed by atoms with Gasteiger partial charge < -0.3 is 9.80 Å². The van der Waals surface area contributed by atoms with E-state index < -0.39 is 5.95 Å². The van der Waals surface area contributed by atoms with Gasteiger partial charge in [-0.2, -0.15) is 4.39 Å². The minimum atomic E-state index is -0.621. The quantitative estimate of drug-likeness (QED) is 0.745. The maximum absolute atomic E-state index is 13.4. The molecule has 2 aliphatic rings. The number of halogens is 1. The summed E-state index contributed by atoms with van der Waals surface area (Å²) in [5.74, 6) is -0.779. The summed E-state index contributed by atoms with van der Waals surface area (Å²) >= 11 is 0. The zero-order valence-electron chi connectivity index (χ0n) is 15.8. The molecule has 1 aromatic heterocycles. The van der Waals surface area contributed by atoms with Crippen molar-refractivity contribution in [2.24, 2.45) is 0 Å². The molecule has 5 heteroatoms. The van der Waals surface area contributed by atoms with Crippen molar-refractivity contribution in [3.8, 4) is 0 Å². The van der Waals surface area contributed by atoms with Crippen LogP contribution in [0.5, 0.6) is 0 Å². The van der Waals surface area contributed by atoms with Gasteiger partial charge in [0.2, 0.25) is 5.95 Å². The smallest absolute Gasteiger partial charge is 0.258 e. The summed E-state index contributed by atoms with van der Waals surface area (Å²) in [7, 11) is 0. The Labute approximate surface area is 160 Å². The van der Waals surface area contributed by atoms with Gasteiger partial charge in [0.1, 0.15) is 0 Å². The van der Waals surface area contributed by atoms with Crippen molar-refractivity contribution >= 4 is 17.3 Å². The molecule has 1 aromatic carbocycles. The largest absolute Gasteiger partial charge is 0.369 e. The van der Waals surface area contributed by atoms with Crippen LogP contribution in [0.4, 0.5) is 15.8 Å². The van der Waals surface area contributed by atoms with Crippen LogP contribution in [0, 0.1) is 5.95 Å². The van der Waals surface area contributed by atoms with Crippen molar-refractivity contribution in [3.63, 3.8) is 0 Å². The number of nitrogens with zero attached hydrogens (tertiary/aromatic N) is 3. The number of hydrogen-bond donors (Lipinski definition) is 0. The molecule has 2 aromatic rings. The van der Waals surface area contributed by atoms with Gasteiger partial charge in [-0.25, -0.2) is 4.98 Å². The second kappa shape index (κ2) is 7.67. The first-order valence-corrected chi connectivity index (χ1v) is 10.0. The summed E-state index contributed by atoms with van der Waals surface area (Å²) in [5, 5.41) is 0. The predicted octanol–water partition coefficient (Wildman–Crippen LogP) is 4.58. The van der Waals surface area contributed by atoms with E-state index in [2.05, 4.69) is 35.0 Å². The van der Waals surface area contributed by atoms with Crippen molar-refractivity contribution < 1.29 is 9.18 Å². The van der Waals surface area contributed by atoms with Crippen LogP contribution in [0.2, 0.25) is 0 Å². The molecule has 4 rings (SSSR count). The predicted molar refractivity (Wildman–Crippen MR) is 106 cm³/mol. The molecule has 1 amide bonds. The lowest BCUT2D eigenvalue weighted by molar-refractivity contribution is 0.0984. The number of amides is 1. The fourth-order valence-corrected chi connectivity index (χ4v) is 4.43. The Morgan fingerprint density at radius 3 is 2.89 bits per heavy atom. The second-order valence-electron chi connectivity index (χ2n) is 7.49. The highest BCUT2D eigenvalue weighted by atomic mass is 19.1. The van der Waals surface area contributed by atoms with Crippen molar-refractivity contribution in [3.05, 3.63) is 53.6 Å². The third-order valence-corrected chi connectivity index (χ3v) is 5.83. The fourth-order valence-electron chi connectivity index (χ4n) is 4.43. The molecule has 1 saturated heterocycles. The molecule has 0 aliphatic carbocycles. The topological polar surface area (TPSA) is 36.4 Å². The van der Waals surface area contributed by atoms with Gasteiger partial charge in [-0.05, 0) is 68.4 Å². The first-order valence-electron chi connectivity index (χ1n) is 10.0. The highest BCUT2D eigenvalue weighted by Crippen LogP contribution is 2.34. The molecular weight excluding hydrogens is 341 g/mol. The van der Waals surface area contributed by atoms with Crippen LogP contribution in [0.15, 0.2) is 36.5 Å². The number of piperidine rings is 1. The van der Waals surface area contributed by atoms with Crippen LogP contribution in [-0.4, -0.2) is 30.0 Å². The molecule has 4 nitrogen and oxygen atoms in total. The number of rotatable bonds is 3. The molecule has 0 radical (unpaired) electrons. The normalized spacial score (nSPS) is 19.7. The second-order valence-corrected chi connectivity index (χ2v) is 7.49. The Kier molecular flexibility index (Phi) is 5.10. The lowest BCUT2D eigenvalue weighted by atomic mass is 9.96. The molecule has 1 fully saturated rings. The van der Waals surface area contributed by atoms with Gasteiger partial charge in [0, 0.05) is 48.3 Å². The molecular formula is C22H26FN3O. The third kappa shape index (κ3) is 3.55. The average Bonchev–Trinajstić information content (AvgIpc) is 2.72. The first-order chi connectivity index (χ1) is 13.2. The summed E-state index contributed by atoms with van der Waals surface area (Å²) in [6.45, 7) is 4.03. The van der Waals surface area contributed by atoms with Crippen molar-refractivity contribution in [1.82, 2.24) is 4.98 Å². The van der Waals surface area contributed by atoms with Gasteiger partial charge in [0.25, 0.3) is 5.91 Å². The molecule has 2 aliphatic heterocycles. The summed E-state index contributed by atoms with van der Waals surface area (Å²) in [6.07, 6.45) is 8.21. The number of carbonyl (C=O) groups excluding carboxylic acids is 1. The summed E-state index contributed by atoms with van der Waals surface area (Å²) in [4.78, 5) is 20.8. The Balaban J connectivity index is 1.63. The van der Waals surface area contributed by atoms with E-state index in [9.17, 15) is 9.18 Å². The molecule has 0 saturated carbocycles. The number of pyridine rings is 1. The monoisotopic (exact) mass is 367 g/mol. The standard InChI is InChI=1S/C22H26FN3O/c1-2-18-7-3-4-12-25(18)19-8-9-20-16(14-19)6-5-13-26(20)22(27)17-10-11-24-21(23)15-17/h8-11,14-15,18H,2-7,12-13H2,1H3. The van der Waals surface area contributed by atoms with Gasteiger partial charge in [-0.1, -0.05) is 6.92 Å². The summed E-state index contributed by atoms with van der Waals surface area (Å²) in [5.41, 5.74) is 3.78. The lowest BCUT2D eigenvalue weighted by Gasteiger charge is -2.38. The van der Waals surface area contributed by atoms with Gasteiger partial charge in [-0.3, -0.25) is 4.79 Å². The van der Waals surface area contributed by atoms with E-state index in [0.29, 0.717) is 18.2 Å². The number of aryl methyl sites for hydroxylation is 1. The average molecular weight is 367 g/mol. The van der Waals surface area contributed by atoms with E-state index in [-0.39, 0.29) is 5.91 Å². The van der Waals surface area contributed by atoms with E-state index in [1.807, 2.05) is 0 Å². The maximum atomic E-state index is 13.4. The van der Waals surface area contributed by atoms with Crippen molar-refractivity contribution in [2.45, 2.75) is 51.5 Å². The van der Waals surface area contributed by atoms with Crippen molar-refractivity contribution in [2.75, 3.05) is 22.9 Å². The molecule has 0 bridgehead atoms. The molecule has 3 heterocycles. The highest BCUT2D eigenvalue weighted by molar-refractivity contribution is 6.06. The molecule has 142 valence electrons. The number of hydrogen-bond acceptors (Lipinski definition) is 3. The third-order valence-electron chi connectivity index (χ3n) is 5.83. The molecule has 1 atom stereocenters. The zero-order valence-corrected chi connectivity index (χ0v) is 15.8. The zero-order chi connectivity index (χ0) is 18.8. The van der Waals surface area contributed by atoms with Crippen LogP contribution < -0.4 is 9.80 Å².